The smallest absolute Gasteiger partial charge is 0.0194 e. The van der Waals surface area contributed by atoms with Crippen molar-refractivity contribution in [1.29, 1.82) is 0 Å². The van der Waals surface area contributed by atoms with Crippen LogP contribution in [0.2, 0.25) is 0 Å². The van der Waals surface area contributed by atoms with Gasteiger partial charge in [0.15, 0.2) is 0 Å². The molecule has 0 aliphatic carbocycles. The van der Waals surface area contributed by atoms with Crippen LogP contribution in [0.1, 0.15) is 20.3 Å². The SMILES string of the molecule is CCN(CCCN)C(C)CN(C)C. The summed E-state index contributed by atoms with van der Waals surface area (Å²) in [7, 11) is 4.24. The lowest BCUT2D eigenvalue weighted by Crippen LogP contribution is -2.40. The van der Waals surface area contributed by atoms with Gasteiger partial charge >= 0.3 is 0 Å². The van der Waals surface area contributed by atoms with E-state index in [0.29, 0.717) is 6.04 Å². The topological polar surface area (TPSA) is 32.5 Å². The van der Waals surface area contributed by atoms with Crippen molar-refractivity contribution >= 4 is 0 Å². The Hall–Kier alpha value is -0.120. The van der Waals surface area contributed by atoms with Gasteiger partial charge in [-0.3, -0.25) is 4.90 Å². The van der Waals surface area contributed by atoms with Gasteiger partial charge in [0.1, 0.15) is 0 Å². The highest BCUT2D eigenvalue weighted by molar-refractivity contribution is 4.68. The molecule has 2 N–H and O–H groups in total. The molecule has 0 spiro atoms. The molecule has 1 atom stereocenters. The Morgan fingerprint density at radius 3 is 2.31 bits per heavy atom. The van der Waals surface area contributed by atoms with Gasteiger partial charge in [0, 0.05) is 12.6 Å². The molecule has 0 heterocycles. The summed E-state index contributed by atoms with van der Waals surface area (Å²) >= 11 is 0. The summed E-state index contributed by atoms with van der Waals surface area (Å²) in [5.74, 6) is 0. The first-order chi connectivity index (χ1) is 6.11. The maximum absolute atomic E-state index is 5.50. The normalized spacial score (nSPS) is 14.1. The van der Waals surface area contributed by atoms with Crippen molar-refractivity contribution < 1.29 is 0 Å². The number of nitrogens with two attached hydrogens (primary N) is 1. The van der Waals surface area contributed by atoms with E-state index in [2.05, 4.69) is 37.7 Å². The molecule has 0 fully saturated rings. The minimum absolute atomic E-state index is 0.631. The van der Waals surface area contributed by atoms with Gasteiger partial charge in [-0.2, -0.15) is 0 Å². The van der Waals surface area contributed by atoms with E-state index in [0.717, 1.165) is 32.6 Å². The monoisotopic (exact) mass is 187 g/mol. The van der Waals surface area contributed by atoms with Crippen LogP contribution in [0.4, 0.5) is 0 Å². The summed E-state index contributed by atoms with van der Waals surface area (Å²) in [6.45, 7) is 8.66. The second-order valence-electron chi connectivity index (χ2n) is 3.88. The van der Waals surface area contributed by atoms with E-state index < -0.39 is 0 Å². The summed E-state index contributed by atoms with van der Waals surface area (Å²) in [4.78, 5) is 4.71. The molecule has 0 saturated heterocycles. The van der Waals surface area contributed by atoms with E-state index in [1.54, 1.807) is 0 Å². The molecule has 13 heavy (non-hydrogen) atoms. The molecular weight excluding hydrogens is 162 g/mol. The average Bonchev–Trinajstić information content (AvgIpc) is 2.04. The van der Waals surface area contributed by atoms with Crippen molar-refractivity contribution in [3.8, 4) is 0 Å². The quantitative estimate of drug-likeness (QED) is 0.634. The molecule has 0 radical (unpaired) electrons. The van der Waals surface area contributed by atoms with Crippen molar-refractivity contribution in [3.05, 3.63) is 0 Å². The van der Waals surface area contributed by atoms with Crippen LogP contribution in [-0.4, -0.2) is 56.1 Å². The highest BCUT2D eigenvalue weighted by Crippen LogP contribution is 2.00. The van der Waals surface area contributed by atoms with Crippen molar-refractivity contribution in [2.45, 2.75) is 26.3 Å². The summed E-state index contributed by atoms with van der Waals surface area (Å²) in [5, 5.41) is 0. The number of hydrogen-bond donors (Lipinski definition) is 1. The molecule has 3 heteroatoms. The average molecular weight is 187 g/mol. The fourth-order valence-corrected chi connectivity index (χ4v) is 1.63. The standard InChI is InChI=1S/C10H25N3/c1-5-13(8-6-7-11)10(2)9-12(3)4/h10H,5-9,11H2,1-4H3. The predicted molar refractivity (Wildman–Crippen MR) is 58.9 cm³/mol. The van der Waals surface area contributed by atoms with E-state index in [4.69, 9.17) is 5.73 Å². The number of rotatable bonds is 7. The Bertz CT molecular complexity index is 115. The van der Waals surface area contributed by atoms with Crippen LogP contribution < -0.4 is 5.73 Å². The van der Waals surface area contributed by atoms with Crippen molar-refractivity contribution in [2.75, 3.05) is 40.3 Å². The molecule has 0 saturated carbocycles. The number of likely N-dealkylation sites (N-methyl/N-ethyl adjacent to an activating group) is 2. The second kappa shape index (κ2) is 7.30. The largest absolute Gasteiger partial charge is 0.330 e. The molecule has 0 aromatic rings. The first kappa shape index (κ1) is 12.9. The predicted octanol–water partition coefficient (Wildman–Crippen LogP) is 0.607. The van der Waals surface area contributed by atoms with Gasteiger partial charge in [0.05, 0.1) is 0 Å². The summed E-state index contributed by atoms with van der Waals surface area (Å²) in [6, 6.07) is 0.631. The third-order valence-electron chi connectivity index (χ3n) is 2.31. The van der Waals surface area contributed by atoms with Crippen molar-refractivity contribution in [2.24, 2.45) is 5.73 Å². The molecule has 0 aromatic carbocycles. The Balaban J connectivity index is 3.77. The van der Waals surface area contributed by atoms with E-state index >= 15 is 0 Å². The van der Waals surface area contributed by atoms with Gasteiger partial charge in [-0.1, -0.05) is 6.92 Å². The summed E-state index contributed by atoms with van der Waals surface area (Å²) in [5.41, 5.74) is 5.50. The molecule has 0 aliphatic heterocycles. The van der Waals surface area contributed by atoms with E-state index in [1.165, 1.54) is 0 Å². The lowest BCUT2D eigenvalue weighted by atomic mass is 10.2. The van der Waals surface area contributed by atoms with Crippen LogP contribution in [0.3, 0.4) is 0 Å². The fraction of sp³-hybridized carbons (Fsp3) is 1.00. The Morgan fingerprint density at radius 1 is 1.31 bits per heavy atom. The molecule has 0 bridgehead atoms. The maximum atomic E-state index is 5.50. The molecular formula is C10H25N3. The van der Waals surface area contributed by atoms with E-state index in [1.807, 2.05) is 0 Å². The zero-order chi connectivity index (χ0) is 10.3. The number of hydrogen-bond acceptors (Lipinski definition) is 3. The van der Waals surface area contributed by atoms with Gasteiger partial charge in [0.25, 0.3) is 0 Å². The van der Waals surface area contributed by atoms with Crippen LogP contribution in [0.25, 0.3) is 0 Å². The van der Waals surface area contributed by atoms with Gasteiger partial charge in [0.2, 0.25) is 0 Å². The van der Waals surface area contributed by atoms with Crippen LogP contribution in [0.15, 0.2) is 0 Å². The first-order valence-electron chi connectivity index (χ1n) is 5.20. The van der Waals surface area contributed by atoms with Gasteiger partial charge in [-0.05, 0) is 47.1 Å². The second-order valence-corrected chi connectivity index (χ2v) is 3.88. The zero-order valence-corrected chi connectivity index (χ0v) is 9.58. The van der Waals surface area contributed by atoms with Gasteiger partial charge < -0.3 is 10.6 Å². The lowest BCUT2D eigenvalue weighted by Gasteiger charge is -2.29. The third kappa shape index (κ3) is 6.02. The lowest BCUT2D eigenvalue weighted by molar-refractivity contribution is 0.181. The minimum atomic E-state index is 0.631. The third-order valence-corrected chi connectivity index (χ3v) is 2.31. The molecule has 3 nitrogen and oxygen atoms in total. The van der Waals surface area contributed by atoms with E-state index in [9.17, 15) is 0 Å². The van der Waals surface area contributed by atoms with Gasteiger partial charge in [-0.25, -0.2) is 0 Å². The number of nitrogens with zero attached hydrogens (tertiary/aromatic N) is 2. The zero-order valence-electron chi connectivity index (χ0n) is 9.58. The van der Waals surface area contributed by atoms with Crippen LogP contribution in [0.5, 0.6) is 0 Å². The van der Waals surface area contributed by atoms with Crippen LogP contribution in [0, 0.1) is 0 Å². The van der Waals surface area contributed by atoms with E-state index in [-0.39, 0.29) is 0 Å². The maximum Gasteiger partial charge on any atom is 0.0194 e. The van der Waals surface area contributed by atoms with Crippen molar-refractivity contribution in [1.82, 2.24) is 9.80 Å². The Labute approximate surface area is 82.9 Å². The molecule has 0 aromatic heterocycles. The summed E-state index contributed by atoms with van der Waals surface area (Å²) < 4.78 is 0. The molecule has 80 valence electrons. The minimum Gasteiger partial charge on any atom is -0.330 e. The van der Waals surface area contributed by atoms with Crippen LogP contribution >= 0.6 is 0 Å². The highest BCUT2D eigenvalue weighted by atomic mass is 15.2. The van der Waals surface area contributed by atoms with Gasteiger partial charge in [-0.15, -0.1) is 0 Å². The highest BCUT2D eigenvalue weighted by Gasteiger charge is 2.11. The molecule has 1 unspecified atom stereocenters. The van der Waals surface area contributed by atoms with Crippen molar-refractivity contribution in [3.63, 3.8) is 0 Å². The Morgan fingerprint density at radius 2 is 1.92 bits per heavy atom. The molecule has 0 aliphatic rings. The molecule has 0 amide bonds. The first-order valence-corrected chi connectivity index (χ1v) is 5.20. The fourth-order valence-electron chi connectivity index (χ4n) is 1.63. The Kier molecular flexibility index (Phi) is 7.23. The molecule has 0 rings (SSSR count). The summed E-state index contributed by atoms with van der Waals surface area (Å²) in [6.07, 6.45) is 1.10. The van der Waals surface area contributed by atoms with Crippen LogP contribution in [-0.2, 0) is 0 Å².